The van der Waals surface area contributed by atoms with Gasteiger partial charge in [0.05, 0.1) is 5.54 Å². The molecule has 4 N–H and O–H groups in total. The van der Waals surface area contributed by atoms with Crippen LogP contribution in [0.5, 0.6) is 5.75 Å². The summed E-state index contributed by atoms with van der Waals surface area (Å²) in [6.45, 7) is 3.77. The summed E-state index contributed by atoms with van der Waals surface area (Å²) >= 11 is 0. The molecule has 0 aliphatic heterocycles. The Balaban J connectivity index is 2.25. The molecule has 0 saturated heterocycles. The van der Waals surface area contributed by atoms with Crippen molar-refractivity contribution in [2.24, 2.45) is 5.73 Å². The molecule has 0 spiro atoms. The van der Waals surface area contributed by atoms with Gasteiger partial charge in [0.25, 0.3) is 0 Å². The molecule has 4 nitrogen and oxygen atoms in total. The van der Waals surface area contributed by atoms with Gasteiger partial charge in [-0.25, -0.2) is 0 Å². The van der Waals surface area contributed by atoms with Crippen molar-refractivity contribution in [3.63, 3.8) is 0 Å². The zero-order chi connectivity index (χ0) is 13.3. The van der Waals surface area contributed by atoms with E-state index in [-0.39, 0.29) is 11.9 Å². The minimum absolute atomic E-state index is 0.0875. The largest absolute Gasteiger partial charge is 0.508 e. The lowest BCUT2D eigenvalue weighted by atomic mass is 9.95. The summed E-state index contributed by atoms with van der Waals surface area (Å²) in [6, 6.07) is 5.62. The molecular formula is C14H20N2O2. The lowest BCUT2D eigenvalue weighted by molar-refractivity contribution is -0.124. The SMILES string of the molecule is CCC(C)(NC1CCc2c(O)cccc21)C(N)=O. The van der Waals surface area contributed by atoms with E-state index in [2.05, 4.69) is 5.32 Å². The molecule has 2 rings (SSSR count). The van der Waals surface area contributed by atoms with E-state index in [1.807, 2.05) is 26.0 Å². The van der Waals surface area contributed by atoms with E-state index >= 15 is 0 Å². The second kappa shape index (κ2) is 4.61. The van der Waals surface area contributed by atoms with Crippen LogP contribution in [0, 0.1) is 0 Å². The van der Waals surface area contributed by atoms with Crippen LogP contribution in [0.3, 0.4) is 0 Å². The van der Waals surface area contributed by atoms with Gasteiger partial charge < -0.3 is 10.8 Å². The highest BCUT2D eigenvalue weighted by Crippen LogP contribution is 2.37. The Labute approximate surface area is 107 Å². The van der Waals surface area contributed by atoms with Crippen LogP contribution in [0.1, 0.15) is 43.9 Å². The Hall–Kier alpha value is -1.55. The van der Waals surface area contributed by atoms with Crippen LogP contribution in [0.25, 0.3) is 0 Å². The fourth-order valence-corrected chi connectivity index (χ4v) is 2.52. The van der Waals surface area contributed by atoms with E-state index in [4.69, 9.17) is 5.73 Å². The quantitative estimate of drug-likeness (QED) is 0.758. The number of phenolic OH excluding ortho intramolecular Hbond substituents is 1. The van der Waals surface area contributed by atoms with Gasteiger partial charge in [0.2, 0.25) is 5.91 Å². The Kier molecular flexibility index (Phi) is 3.30. The van der Waals surface area contributed by atoms with Gasteiger partial charge in [-0.3, -0.25) is 10.1 Å². The first-order valence-electron chi connectivity index (χ1n) is 6.36. The van der Waals surface area contributed by atoms with Gasteiger partial charge in [-0.2, -0.15) is 0 Å². The van der Waals surface area contributed by atoms with Gasteiger partial charge in [-0.1, -0.05) is 19.1 Å². The fourth-order valence-electron chi connectivity index (χ4n) is 2.52. The predicted octanol–water partition coefficient (Wildman–Crippen LogP) is 1.62. The molecule has 1 aromatic rings. The normalized spacial score (nSPS) is 21.3. The van der Waals surface area contributed by atoms with E-state index in [0.717, 1.165) is 24.0 Å². The van der Waals surface area contributed by atoms with Crippen LogP contribution in [0.15, 0.2) is 18.2 Å². The fraction of sp³-hybridized carbons (Fsp3) is 0.500. The number of carbonyl (C=O) groups excluding carboxylic acids is 1. The van der Waals surface area contributed by atoms with Gasteiger partial charge >= 0.3 is 0 Å². The molecule has 4 heteroatoms. The second-order valence-corrected chi connectivity index (χ2v) is 5.13. The van der Waals surface area contributed by atoms with Gasteiger partial charge in [-0.15, -0.1) is 0 Å². The summed E-state index contributed by atoms with van der Waals surface area (Å²) < 4.78 is 0. The minimum Gasteiger partial charge on any atom is -0.508 e. The summed E-state index contributed by atoms with van der Waals surface area (Å²) in [5, 5.41) is 13.1. The lowest BCUT2D eigenvalue weighted by Crippen LogP contribution is -2.53. The number of nitrogens with one attached hydrogen (secondary N) is 1. The standard InChI is InChI=1S/C14H20N2O2/c1-3-14(2,13(15)18)16-11-8-7-10-9(11)5-4-6-12(10)17/h4-6,11,16-17H,3,7-8H2,1-2H3,(H2,15,18). The first kappa shape index (κ1) is 12.9. The molecule has 2 atom stereocenters. The first-order valence-corrected chi connectivity index (χ1v) is 6.36. The summed E-state index contributed by atoms with van der Waals surface area (Å²) in [5.41, 5.74) is 6.83. The number of nitrogens with two attached hydrogens (primary N) is 1. The molecule has 0 radical (unpaired) electrons. The molecule has 98 valence electrons. The number of primary amides is 1. The van der Waals surface area contributed by atoms with Crippen molar-refractivity contribution in [1.82, 2.24) is 5.32 Å². The predicted molar refractivity (Wildman–Crippen MR) is 70.2 cm³/mol. The third kappa shape index (κ3) is 2.08. The number of carbonyl (C=O) groups is 1. The highest BCUT2D eigenvalue weighted by atomic mass is 16.3. The average molecular weight is 248 g/mol. The Bertz CT molecular complexity index is 473. The van der Waals surface area contributed by atoms with Crippen molar-refractivity contribution in [3.05, 3.63) is 29.3 Å². The van der Waals surface area contributed by atoms with E-state index in [0.29, 0.717) is 12.2 Å². The van der Waals surface area contributed by atoms with E-state index in [1.54, 1.807) is 6.07 Å². The van der Waals surface area contributed by atoms with Crippen molar-refractivity contribution < 1.29 is 9.90 Å². The number of hydrogen-bond donors (Lipinski definition) is 3. The minimum atomic E-state index is -0.697. The van der Waals surface area contributed by atoms with Gasteiger partial charge in [-0.05, 0) is 43.4 Å². The van der Waals surface area contributed by atoms with Crippen LogP contribution in [-0.2, 0) is 11.2 Å². The molecule has 1 amide bonds. The molecule has 1 aromatic carbocycles. The molecule has 0 aromatic heterocycles. The van der Waals surface area contributed by atoms with Crippen LogP contribution >= 0.6 is 0 Å². The van der Waals surface area contributed by atoms with E-state index in [9.17, 15) is 9.90 Å². The molecule has 0 heterocycles. The molecule has 1 aliphatic carbocycles. The topological polar surface area (TPSA) is 75.3 Å². The Morgan fingerprint density at radius 3 is 2.94 bits per heavy atom. The van der Waals surface area contributed by atoms with Crippen molar-refractivity contribution in [1.29, 1.82) is 0 Å². The summed E-state index contributed by atoms with van der Waals surface area (Å²) in [7, 11) is 0. The molecule has 0 bridgehead atoms. The van der Waals surface area contributed by atoms with Crippen molar-refractivity contribution in [2.75, 3.05) is 0 Å². The Morgan fingerprint density at radius 2 is 2.33 bits per heavy atom. The maximum Gasteiger partial charge on any atom is 0.237 e. The summed E-state index contributed by atoms with van der Waals surface area (Å²) in [4.78, 5) is 11.5. The van der Waals surface area contributed by atoms with Crippen LogP contribution in [0.2, 0.25) is 0 Å². The number of rotatable bonds is 4. The van der Waals surface area contributed by atoms with Gasteiger partial charge in [0, 0.05) is 6.04 Å². The maximum absolute atomic E-state index is 11.5. The molecule has 0 saturated carbocycles. The van der Waals surface area contributed by atoms with E-state index in [1.165, 1.54) is 0 Å². The monoisotopic (exact) mass is 248 g/mol. The summed E-state index contributed by atoms with van der Waals surface area (Å²) in [5.74, 6) is 0.00711. The van der Waals surface area contributed by atoms with Crippen molar-refractivity contribution in [2.45, 2.75) is 44.7 Å². The van der Waals surface area contributed by atoms with Crippen LogP contribution < -0.4 is 11.1 Å². The molecule has 2 unspecified atom stereocenters. The highest BCUT2D eigenvalue weighted by Gasteiger charge is 2.34. The second-order valence-electron chi connectivity index (χ2n) is 5.13. The number of phenols is 1. The number of aromatic hydroxyl groups is 1. The molecule has 18 heavy (non-hydrogen) atoms. The Morgan fingerprint density at radius 1 is 1.61 bits per heavy atom. The molecule has 0 fully saturated rings. The number of benzene rings is 1. The van der Waals surface area contributed by atoms with Crippen molar-refractivity contribution >= 4 is 5.91 Å². The average Bonchev–Trinajstić information content (AvgIpc) is 2.73. The molecular weight excluding hydrogens is 228 g/mol. The summed E-state index contributed by atoms with van der Waals surface area (Å²) in [6.07, 6.45) is 2.36. The lowest BCUT2D eigenvalue weighted by Gasteiger charge is -2.30. The number of hydrogen-bond acceptors (Lipinski definition) is 3. The van der Waals surface area contributed by atoms with Crippen LogP contribution in [-0.4, -0.2) is 16.6 Å². The van der Waals surface area contributed by atoms with Crippen molar-refractivity contribution in [3.8, 4) is 5.75 Å². The smallest absolute Gasteiger partial charge is 0.237 e. The third-order valence-corrected chi connectivity index (χ3v) is 3.99. The number of amides is 1. The maximum atomic E-state index is 11.5. The zero-order valence-corrected chi connectivity index (χ0v) is 10.9. The third-order valence-electron chi connectivity index (χ3n) is 3.99. The molecule has 1 aliphatic rings. The highest BCUT2D eigenvalue weighted by molar-refractivity contribution is 5.84. The zero-order valence-electron chi connectivity index (χ0n) is 10.9. The van der Waals surface area contributed by atoms with Crippen LogP contribution in [0.4, 0.5) is 0 Å². The van der Waals surface area contributed by atoms with Gasteiger partial charge in [0.1, 0.15) is 5.75 Å². The van der Waals surface area contributed by atoms with E-state index < -0.39 is 5.54 Å². The van der Waals surface area contributed by atoms with Gasteiger partial charge in [0.15, 0.2) is 0 Å². The first-order chi connectivity index (χ1) is 8.48. The number of fused-ring (bicyclic) bond motifs is 1.